The lowest BCUT2D eigenvalue weighted by Crippen LogP contribution is -2.42. The quantitative estimate of drug-likeness (QED) is 0.746. The monoisotopic (exact) mass is 269 g/mol. The second-order valence-corrected chi connectivity index (χ2v) is 4.80. The van der Waals surface area contributed by atoms with Crippen molar-refractivity contribution < 1.29 is 14.0 Å². The van der Waals surface area contributed by atoms with Crippen LogP contribution in [0.3, 0.4) is 0 Å². The first-order valence-corrected chi connectivity index (χ1v) is 6.29. The predicted molar refractivity (Wildman–Crippen MR) is 73.1 cm³/mol. The summed E-state index contributed by atoms with van der Waals surface area (Å²) in [5, 5.41) is 0. The van der Waals surface area contributed by atoms with Crippen molar-refractivity contribution in [2.75, 3.05) is 4.90 Å². The zero-order valence-corrected chi connectivity index (χ0v) is 10.9. The van der Waals surface area contributed by atoms with Gasteiger partial charge in [0.25, 0.3) is 5.91 Å². The highest BCUT2D eigenvalue weighted by molar-refractivity contribution is 6.24. The van der Waals surface area contributed by atoms with Crippen molar-refractivity contribution in [2.24, 2.45) is 0 Å². The Morgan fingerprint density at radius 3 is 2.60 bits per heavy atom. The number of imide groups is 1. The molecule has 0 saturated carbocycles. The van der Waals surface area contributed by atoms with Gasteiger partial charge in [-0.1, -0.05) is 18.2 Å². The van der Waals surface area contributed by atoms with Gasteiger partial charge in [-0.15, -0.1) is 0 Å². The summed E-state index contributed by atoms with van der Waals surface area (Å²) in [5.74, 6) is -1.01. The summed E-state index contributed by atoms with van der Waals surface area (Å²) < 4.78 is 13.3. The minimum atomic E-state index is -0.358. The predicted octanol–water partition coefficient (Wildman–Crippen LogP) is 2.86. The van der Waals surface area contributed by atoms with E-state index in [9.17, 15) is 14.0 Å². The number of hydrogen-bond acceptors (Lipinski definition) is 2. The summed E-state index contributed by atoms with van der Waals surface area (Å²) in [4.78, 5) is 25.7. The molecule has 0 unspecified atom stereocenters. The van der Waals surface area contributed by atoms with Crippen LogP contribution in [-0.2, 0) is 11.2 Å². The molecule has 0 radical (unpaired) electrons. The van der Waals surface area contributed by atoms with Gasteiger partial charge >= 0.3 is 0 Å². The molecule has 4 heteroatoms. The molecule has 3 nitrogen and oxygen atoms in total. The molecule has 2 aromatic carbocycles. The highest BCUT2D eigenvalue weighted by atomic mass is 19.1. The zero-order valence-electron chi connectivity index (χ0n) is 10.9. The number of nitrogens with zero attached hydrogens (tertiary/aromatic N) is 1. The molecule has 2 aromatic rings. The standard InChI is InChI=1S/C16H12FNO2/c1-10-8-12(6-7-14(10)17)18-15(19)9-11-4-2-3-5-13(11)16(18)20/h2-8H,9H2,1H3. The maximum absolute atomic E-state index is 13.3. The fraction of sp³-hybridized carbons (Fsp3) is 0.125. The molecule has 20 heavy (non-hydrogen) atoms. The van der Waals surface area contributed by atoms with Gasteiger partial charge in [-0.25, -0.2) is 9.29 Å². The third-order valence-electron chi connectivity index (χ3n) is 3.44. The van der Waals surface area contributed by atoms with Gasteiger partial charge in [0, 0.05) is 5.56 Å². The highest BCUT2D eigenvalue weighted by Crippen LogP contribution is 2.26. The Bertz CT molecular complexity index is 724. The number of amides is 2. The summed E-state index contributed by atoms with van der Waals surface area (Å²) in [6.45, 7) is 1.60. The molecule has 1 aliphatic rings. The van der Waals surface area contributed by atoms with Crippen molar-refractivity contribution in [1.82, 2.24) is 0 Å². The summed E-state index contributed by atoms with van der Waals surface area (Å²) in [7, 11) is 0. The number of anilines is 1. The van der Waals surface area contributed by atoms with Crippen molar-refractivity contribution in [3.8, 4) is 0 Å². The van der Waals surface area contributed by atoms with Crippen molar-refractivity contribution >= 4 is 17.5 Å². The SMILES string of the molecule is Cc1cc(N2C(=O)Cc3ccccc3C2=O)ccc1F. The van der Waals surface area contributed by atoms with E-state index in [2.05, 4.69) is 0 Å². The highest BCUT2D eigenvalue weighted by Gasteiger charge is 2.31. The van der Waals surface area contributed by atoms with Gasteiger partial charge in [0.15, 0.2) is 0 Å². The van der Waals surface area contributed by atoms with Gasteiger partial charge in [0.1, 0.15) is 5.82 Å². The third-order valence-corrected chi connectivity index (χ3v) is 3.44. The molecular weight excluding hydrogens is 257 g/mol. The third kappa shape index (κ3) is 1.90. The summed E-state index contributed by atoms with van der Waals surface area (Å²) in [5.41, 5.74) is 2.07. The van der Waals surface area contributed by atoms with Crippen molar-refractivity contribution in [1.29, 1.82) is 0 Å². The van der Waals surface area contributed by atoms with Gasteiger partial charge in [-0.05, 0) is 42.3 Å². The lowest BCUT2D eigenvalue weighted by molar-refractivity contribution is -0.117. The van der Waals surface area contributed by atoms with E-state index in [1.54, 1.807) is 31.2 Å². The van der Waals surface area contributed by atoms with Gasteiger partial charge in [-0.2, -0.15) is 0 Å². The van der Waals surface area contributed by atoms with Crippen LogP contribution in [0.2, 0.25) is 0 Å². The second kappa shape index (κ2) is 4.56. The largest absolute Gasteiger partial charge is 0.274 e. The second-order valence-electron chi connectivity index (χ2n) is 4.80. The van der Waals surface area contributed by atoms with Crippen molar-refractivity contribution in [3.05, 3.63) is 65.0 Å². The Labute approximate surface area is 115 Å². The van der Waals surface area contributed by atoms with E-state index in [1.807, 2.05) is 0 Å². The molecule has 0 N–H and O–H groups in total. The Kier molecular flexibility index (Phi) is 2.86. The number of carbonyl (C=O) groups is 2. The molecular formula is C16H12FNO2. The van der Waals surface area contributed by atoms with Gasteiger partial charge < -0.3 is 0 Å². The summed E-state index contributed by atoms with van der Waals surface area (Å²) in [6.07, 6.45) is 0.179. The van der Waals surface area contributed by atoms with Crippen LogP contribution in [0.5, 0.6) is 0 Å². The van der Waals surface area contributed by atoms with Crippen LogP contribution >= 0.6 is 0 Å². The number of rotatable bonds is 1. The van der Waals surface area contributed by atoms with E-state index in [0.29, 0.717) is 16.8 Å². The van der Waals surface area contributed by atoms with Crippen LogP contribution in [0.25, 0.3) is 0 Å². The first-order chi connectivity index (χ1) is 9.58. The molecule has 0 saturated heterocycles. The fourth-order valence-corrected chi connectivity index (χ4v) is 2.39. The molecule has 0 fully saturated rings. The molecule has 1 heterocycles. The topological polar surface area (TPSA) is 37.4 Å². The maximum atomic E-state index is 13.3. The van der Waals surface area contributed by atoms with E-state index >= 15 is 0 Å². The molecule has 0 aliphatic carbocycles. The van der Waals surface area contributed by atoms with Crippen LogP contribution in [0.15, 0.2) is 42.5 Å². The van der Waals surface area contributed by atoms with Gasteiger partial charge in [-0.3, -0.25) is 9.59 Å². The zero-order chi connectivity index (χ0) is 14.3. The normalized spacial score (nSPS) is 14.4. The first kappa shape index (κ1) is 12.5. The van der Waals surface area contributed by atoms with Crippen LogP contribution in [-0.4, -0.2) is 11.8 Å². The first-order valence-electron chi connectivity index (χ1n) is 6.29. The molecule has 100 valence electrons. The molecule has 0 bridgehead atoms. The fourth-order valence-electron chi connectivity index (χ4n) is 2.39. The van der Waals surface area contributed by atoms with E-state index < -0.39 is 0 Å². The number of halogens is 1. The van der Waals surface area contributed by atoms with Crippen LogP contribution < -0.4 is 4.90 Å². The lowest BCUT2D eigenvalue weighted by Gasteiger charge is -2.27. The van der Waals surface area contributed by atoms with Gasteiger partial charge in [0.2, 0.25) is 5.91 Å². The minimum absolute atomic E-state index is 0.179. The van der Waals surface area contributed by atoms with Crippen molar-refractivity contribution in [2.45, 2.75) is 13.3 Å². The Morgan fingerprint density at radius 1 is 1.10 bits per heavy atom. The number of benzene rings is 2. The molecule has 0 atom stereocenters. The number of aryl methyl sites for hydroxylation is 1. The smallest absolute Gasteiger partial charge is 0.265 e. The summed E-state index contributed by atoms with van der Waals surface area (Å²) >= 11 is 0. The average Bonchev–Trinajstić information content (AvgIpc) is 2.43. The van der Waals surface area contributed by atoms with E-state index in [0.717, 1.165) is 10.5 Å². The Balaban J connectivity index is 2.08. The van der Waals surface area contributed by atoms with Gasteiger partial charge in [0.05, 0.1) is 12.1 Å². The lowest BCUT2D eigenvalue weighted by atomic mass is 9.98. The van der Waals surface area contributed by atoms with Crippen LogP contribution in [0.1, 0.15) is 21.5 Å². The molecule has 3 rings (SSSR count). The molecule has 0 aromatic heterocycles. The average molecular weight is 269 g/mol. The molecule has 0 spiro atoms. The maximum Gasteiger partial charge on any atom is 0.265 e. The van der Waals surface area contributed by atoms with E-state index in [-0.39, 0.29) is 24.1 Å². The van der Waals surface area contributed by atoms with E-state index in [4.69, 9.17) is 0 Å². The van der Waals surface area contributed by atoms with Crippen LogP contribution in [0, 0.1) is 12.7 Å². The molecule has 2 amide bonds. The molecule has 1 aliphatic heterocycles. The summed E-state index contributed by atoms with van der Waals surface area (Å²) in [6, 6.07) is 11.3. The minimum Gasteiger partial charge on any atom is -0.274 e. The van der Waals surface area contributed by atoms with Crippen LogP contribution in [0.4, 0.5) is 10.1 Å². The number of carbonyl (C=O) groups excluding carboxylic acids is 2. The number of hydrogen-bond donors (Lipinski definition) is 0. The Hall–Kier alpha value is -2.49. The Morgan fingerprint density at radius 2 is 1.85 bits per heavy atom. The van der Waals surface area contributed by atoms with E-state index in [1.165, 1.54) is 18.2 Å². The number of fused-ring (bicyclic) bond motifs is 1. The van der Waals surface area contributed by atoms with Crippen molar-refractivity contribution in [3.63, 3.8) is 0 Å².